The van der Waals surface area contributed by atoms with E-state index in [2.05, 4.69) is 31.1 Å². The molecule has 1 amide bonds. The first-order valence-corrected chi connectivity index (χ1v) is 11.5. The minimum atomic E-state index is 0.0902. The Bertz CT molecular complexity index is 967. The lowest BCUT2D eigenvalue weighted by molar-refractivity contribution is 0.00131. The van der Waals surface area contributed by atoms with E-state index in [0.717, 1.165) is 43.2 Å². The third kappa shape index (κ3) is 3.00. The van der Waals surface area contributed by atoms with E-state index in [1.807, 2.05) is 18.2 Å². The van der Waals surface area contributed by atoms with E-state index >= 15 is 0 Å². The molecule has 2 unspecified atom stereocenters. The zero-order valence-corrected chi connectivity index (χ0v) is 17.3. The third-order valence-corrected chi connectivity index (χ3v) is 7.68. The summed E-state index contributed by atoms with van der Waals surface area (Å²) in [5.74, 6) is 1.34. The van der Waals surface area contributed by atoms with Gasteiger partial charge in [-0.05, 0) is 68.7 Å². The summed E-state index contributed by atoms with van der Waals surface area (Å²) in [7, 11) is 0. The Kier molecular flexibility index (Phi) is 4.48. The normalized spacial score (nSPS) is 30.9. The van der Waals surface area contributed by atoms with Crippen LogP contribution in [0.25, 0.3) is 11.3 Å². The van der Waals surface area contributed by atoms with Crippen LogP contribution in [0, 0.1) is 11.8 Å². The van der Waals surface area contributed by atoms with Gasteiger partial charge in [-0.15, -0.1) is 0 Å². The number of aromatic amines is 1. The fourth-order valence-electron chi connectivity index (χ4n) is 6.45. The fraction of sp³-hybridized carbons (Fsp3) is 0.542. The van der Waals surface area contributed by atoms with Crippen LogP contribution in [0.2, 0.25) is 0 Å². The Morgan fingerprint density at radius 2 is 2.17 bits per heavy atom. The number of H-pyrrole nitrogens is 1. The van der Waals surface area contributed by atoms with Crippen molar-refractivity contribution in [3.8, 4) is 11.3 Å². The highest BCUT2D eigenvalue weighted by Gasteiger charge is 2.47. The van der Waals surface area contributed by atoms with Crippen molar-refractivity contribution in [1.29, 1.82) is 0 Å². The molecule has 3 aliphatic heterocycles. The number of fused-ring (bicyclic) bond motifs is 6. The Morgan fingerprint density at radius 3 is 3.07 bits per heavy atom. The average Bonchev–Trinajstić information content (AvgIpc) is 3.29. The van der Waals surface area contributed by atoms with Gasteiger partial charge in [0.15, 0.2) is 0 Å². The maximum absolute atomic E-state index is 13.5. The molecule has 5 heterocycles. The maximum atomic E-state index is 13.5. The van der Waals surface area contributed by atoms with E-state index in [4.69, 9.17) is 0 Å². The number of hydrogen-bond donors (Lipinski definition) is 1. The van der Waals surface area contributed by atoms with E-state index in [-0.39, 0.29) is 11.9 Å². The molecule has 3 saturated heterocycles. The van der Waals surface area contributed by atoms with Crippen LogP contribution < -0.4 is 0 Å². The molecule has 0 radical (unpaired) electrons. The number of carbonyl (C=O) groups is 1. The SMILES string of the molecule is O=C(c1cc(-c2cccnc2)n[nH]1)N1CCCC2=C[C@H]3C[C@H](CN4CCCCC34)C21. The number of amides is 1. The second-order valence-corrected chi connectivity index (χ2v) is 9.41. The van der Waals surface area contributed by atoms with Crippen molar-refractivity contribution < 1.29 is 4.79 Å². The van der Waals surface area contributed by atoms with Gasteiger partial charge in [0.25, 0.3) is 5.91 Å². The second-order valence-electron chi connectivity index (χ2n) is 9.41. The van der Waals surface area contributed by atoms with Crippen LogP contribution in [-0.2, 0) is 0 Å². The van der Waals surface area contributed by atoms with E-state index in [0.29, 0.717) is 17.5 Å². The van der Waals surface area contributed by atoms with Crippen molar-refractivity contribution in [1.82, 2.24) is 25.0 Å². The molecule has 2 aromatic heterocycles. The van der Waals surface area contributed by atoms with Crippen molar-refractivity contribution in [2.24, 2.45) is 11.8 Å². The number of likely N-dealkylation sites (tertiary alicyclic amines) is 1. The average molecular weight is 404 g/mol. The van der Waals surface area contributed by atoms with E-state index in [1.54, 1.807) is 12.4 Å². The predicted molar refractivity (Wildman–Crippen MR) is 115 cm³/mol. The smallest absolute Gasteiger partial charge is 0.272 e. The van der Waals surface area contributed by atoms with Crippen molar-refractivity contribution in [3.63, 3.8) is 0 Å². The molecule has 3 fully saturated rings. The summed E-state index contributed by atoms with van der Waals surface area (Å²) in [5.41, 5.74) is 3.81. The molecule has 30 heavy (non-hydrogen) atoms. The molecular weight excluding hydrogens is 374 g/mol. The van der Waals surface area contributed by atoms with Crippen LogP contribution in [0.4, 0.5) is 0 Å². The molecule has 0 saturated carbocycles. The third-order valence-electron chi connectivity index (χ3n) is 7.68. The summed E-state index contributed by atoms with van der Waals surface area (Å²) < 4.78 is 0. The molecule has 6 nitrogen and oxygen atoms in total. The largest absolute Gasteiger partial charge is 0.330 e. The van der Waals surface area contributed by atoms with Crippen molar-refractivity contribution in [2.75, 3.05) is 19.6 Å². The first-order valence-electron chi connectivity index (χ1n) is 11.5. The van der Waals surface area contributed by atoms with Gasteiger partial charge in [0, 0.05) is 37.1 Å². The molecule has 2 bridgehead atoms. The van der Waals surface area contributed by atoms with Crippen LogP contribution in [0.15, 0.2) is 42.2 Å². The van der Waals surface area contributed by atoms with E-state index < -0.39 is 0 Å². The number of nitrogens with zero attached hydrogens (tertiary/aromatic N) is 4. The number of pyridine rings is 1. The summed E-state index contributed by atoms with van der Waals surface area (Å²) in [6.07, 6.45) is 13.6. The van der Waals surface area contributed by atoms with Crippen LogP contribution in [0.5, 0.6) is 0 Å². The molecule has 4 aliphatic rings. The number of piperidine rings is 3. The van der Waals surface area contributed by atoms with Gasteiger partial charge in [-0.1, -0.05) is 18.1 Å². The predicted octanol–water partition coefficient (Wildman–Crippen LogP) is 3.51. The fourth-order valence-corrected chi connectivity index (χ4v) is 6.45. The zero-order chi connectivity index (χ0) is 20.1. The number of nitrogens with one attached hydrogen (secondary N) is 1. The Hall–Kier alpha value is -2.47. The quantitative estimate of drug-likeness (QED) is 0.780. The lowest BCUT2D eigenvalue weighted by atomic mass is 9.68. The van der Waals surface area contributed by atoms with Gasteiger partial charge in [0.1, 0.15) is 5.69 Å². The molecule has 0 aromatic carbocycles. The van der Waals surface area contributed by atoms with Crippen molar-refractivity contribution in [2.45, 2.75) is 50.6 Å². The first-order chi connectivity index (χ1) is 14.8. The summed E-state index contributed by atoms with van der Waals surface area (Å²) in [4.78, 5) is 22.6. The van der Waals surface area contributed by atoms with Crippen LogP contribution in [-0.4, -0.2) is 62.6 Å². The zero-order valence-electron chi connectivity index (χ0n) is 17.3. The number of carbonyl (C=O) groups excluding carboxylic acids is 1. The molecule has 0 spiro atoms. The highest BCUT2D eigenvalue weighted by molar-refractivity contribution is 5.94. The topological polar surface area (TPSA) is 65.1 Å². The summed E-state index contributed by atoms with van der Waals surface area (Å²) >= 11 is 0. The van der Waals surface area contributed by atoms with Crippen molar-refractivity contribution in [3.05, 3.63) is 47.9 Å². The minimum absolute atomic E-state index is 0.0902. The molecule has 1 N–H and O–H groups in total. The van der Waals surface area contributed by atoms with Crippen LogP contribution in [0.3, 0.4) is 0 Å². The first kappa shape index (κ1) is 18.3. The summed E-state index contributed by atoms with van der Waals surface area (Å²) in [6, 6.07) is 6.74. The van der Waals surface area contributed by atoms with Gasteiger partial charge in [0.2, 0.25) is 0 Å². The maximum Gasteiger partial charge on any atom is 0.272 e. The minimum Gasteiger partial charge on any atom is -0.330 e. The molecule has 6 heteroatoms. The molecule has 1 aliphatic carbocycles. The summed E-state index contributed by atoms with van der Waals surface area (Å²) in [6.45, 7) is 3.22. The van der Waals surface area contributed by atoms with Gasteiger partial charge < -0.3 is 4.90 Å². The van der Waals surface area contributed by atoms with E-state index in [1.165, 1.54) is 37.8 Å². The highest BCUT2D eigenvalue weighted by atomic mass is 16.2. The van der Waals surface area contributed by atoms with Gasteiger partial charge >= 0.3 is 0 Å². The highest BCUT2D eigenvalue weighted by Crippen LogP contribution is 2.45. The van der Waals surface area contributed by atoms with Gasteiger partial charge in [-0.3, -0.25) is 19.8 Å². The van der Waals surface area contributed by atoms with Gasteiger partial charge in [0.05, 0.1) is 11.7 Å². The Morgan fingerprint density at radius 1 is 1.20 bits per heavy atom. The number of hydrogen-bond acceptors (Lipinski definition) is 4. The Labute approximate surface area is 177 Å². The second kappa shape index (κ2) is 7.34. The van der Waals surface area contributed by atoms with Crippen LogP contribution >= 0.6 is 0 Å². The number of rotatable bonds is 2. The standard InChI is InChI=1S/C24H29N5O/c30-24(21-13-20(26-27-21)17-5-3-8-25-14-17)29-10-4-6-16-11-18-12-19(23(16)29)15-28-9-2-1-7-22(18)28/h3,5,8,11,13-14,18-19,22-23H,1-2,4,6-7,9-10,12,15H2,(H,26,27)/t18-,19+,22?,23?/m0/s1. The Balaban J connectivity index is 1.28. The van der Waals surface area contributed by atoms with Gasteiger partial charge in [-0.25, -0.2) is 0 Å². The van der Waals surface area contributed by atoms with Crippen LogP contribution in [0.1, 0.15) is 49.0 Å². The van der Waals surface area contributed by atoms with Crippen molar-refractivity contribution >= 4 is 5.91 Å². The molecule has 2 aromatic rings. The molecular formula is C24H29N5O. The number of aromatic nitrogens is 3. The monoisotopic (exact) mass is 403 g/mol. The molecule has 156 valence electrons. The summed E-state index contributed by atoms with van der Waals surface area (Å²) in [5, 5.41) is 7.39. The van der Waals surface area contributed by atoms with Gasteiger partial charge in [-0.2, -0.15) is 5.10 Å². The molecule has 4 atom stereocenters. The van der Waals surface area contributed by atoms with E-state index in [9.17, 15) is 4.79 Å². The molecule has 6 rings (SSSR count). The lowest BCUT2D eigenvalue weighted by Gasteiger charge is -2.54. The lowest BCUT2D eigenvalue weighted by Crippen LogP contribution is -2.60.